The summed E-state index contributed by atoms with van der Waals surface area (Å²) in [4.78, 5) is 0. The van der Waals surface area contributed by atoms with Crippen molar-refractivity contribution in [2.45, 2.75) is 45.6 Å². The van der Waals surface area contributed by atoms with Crippen molar-refractivity contribution in [3.63, 3.8) is 0 Å². The molecule has 1 aromatic rings. The first-order chi connectivity index (χ1) is 7.96. The van der Waals surface area contributed by atoms with Gasteiger partial charge in [0.15, 0.2) is 11.5 Å². The summed E-state index contributed by atoms with van der Waals surface area (Å²) in [6.07, 6.45) is 3.17. The molecule has 3 heteroatoms. The predicted octanol–water partition coefficient (Wildman–Crippen LogP) is 2.78. The van der Waals surface area contributed by atoms with Gasteiger partial charge in [-0.25, -0.2) is 0 Å². The van der Waals surface area contributed by atoms with E-state index in [4.69, 9.17) is 15.2 Å². The maximum Gasteiger partial charge on any atom is 0.231 e. The Hall–Kier alpha value is -1.22. The Morgan fingerprint density at radius 3 is 2.53 bits per heavy atom. The SMILES string of the molecule is Cc1cc2c(cc1CCCC(C)(C)N)OCO2. The fourth-order valence-electron chi connectivity index (χ4n) is 2.09. The largest absolute Gasteiger partial charge is 0.454 e. The lowest BCUT2D eigenvalue weighted by Crippen LogP contribution is -2.31. The molecule has 94 valence electrons. The standard InChI is InChI=1S/C14H21NO2/c1-10-7-12-13(17-9-16-12)8-11(10)5-4-6-14(2,3)15/h7-8H,4-6,9,15H2,1-3H3. The van der Waals surface area contributed by atoms with E-state index in [9.17, 15) is 0 Å². The highest BCUT2D eigenvalue weighted by Gasteiger charge is 2.16. The van der Waals surface area contributed by atoms with Crippen molar-refractivity contribution < 1.29 is 9.47 Å². The van der Waals surface area contributed by atoms with Crippen LogP contribution in [0.5, 0.6) is 11.5 Å². The zero-order chi connectivity index (χ0) is 12.5. The van der Waals surface area contributed by atoms with Gasteiger partial charge in [0, 0.05) is 5.54 Å². The molecule has 0 bridgehead atoms. The van der Waals surface area contributed by atoms with Crippen LogP contribution in [0.2, 0.25) is 0 Å². The number of aryl methyl sites for hydroxylation is 2. The second kappa shape index (κ2) is 4.57. The van der Waals surface area contributed by atoms with E-state index >= 15 is 0 Å². The molecule has 1 aliphatic rings. The molecule has 2 rings (SSSR count). The number of rotatable bonds is 4. The first-order valence-corrected chi connectivity index (χ1v) is 6.14. The molecule has 0 aliphatic carbocycles. The number of fused-ring (bicyclic) bond motifs is 1. The van der Waals surface area contributed by atoms with Crippen LogP contribution in [0.15, 0.2) is 12.1 Å². The Morgan fingerprint density at radius 2 is 1.88 bits per heavy atom. The molecule has 0 amide bonds. The van der Waals surface area contributed by atoms with Crippen molar-refractivity contribution in [1.29, 1.82) is 0 Å². The summed E-state index contributed by atoms with van der Waals surface area (Å²) in [7, 11) is 0. The maximum atomic E-state index is 5.98. The van der Waals surface area contributed by atoms with Crippen LogP contribution < -0.4 is 15.2 Å². The van der Waals surface area contributed by atoms with Gasteiger partial charge in [0.05, 0.1) is 0 Å². The first-order valence-electron chi connectivity index (χ1n) is 6.14. The molecule has 0 saturated heterocycles. The van der Waals surface area contributed by atoms with Gasteiger partial charge in [-0.2, -0.15) is 0 Å². The zero-order valence-corrected chi connectivity index (χ0v) is 10.9. The van der Waals surface area contributed by atoms with Crippen molar-refractivity contribution in [2.75, 3.05) is 6.79 Å². The minimum absolute atomic E-state index is 0.0791. The van der Waals surface area contributed by atoms with Gasteiger partial charge in [0.2, 0.25) is 6.79 Å². The fourth-order valence-corrected chi connectivity index (χ4v) is 2.09. The Morgan fingerprint density at radius 1 is 1.24 bits per heavy atom. The summed E-state index contributed by atoms with van der Waals surface area (Å²) in [6, 6.07) is 4.16. The zero-order valence-electron chi connectivity index (χ0n) is 10.9. The van der Waals surface area contributed by atoms with Gasteiger partial charge in [-0.15, -0.1) is 0 Å². The van der Waals surface area contributed by atoms with Gasteiger partial charge in [0.25, 0.3) is 0 Å². The summed E-state index contributed by atoms with van der Waals surface area (Å²) in [5, 5.41) is 0. The average Bonchev–Trinajstić information content (AvgIpc) is 2.63. The van der Waals surface area contributed by atoms with Crippen LogP contribution in [0.1, 0.15) is 37.8 Å². The molecule has 17 heavy (non-hydrogen) atoms. The number of nitrogens with two attached hydrogens (primary N) is 1. The smallest absolute Gasteiger partial charge is 0.231 e. The minimum atomic E-state index is -0.0791. The number of hydrogen-bond donors (Lipinski definition) is 1. The number of benzene rings is 1. The monoisotopic (exact) mass is 235 g/mol. The van der Waals surface area contributed by atoms with Crippen LogP contribution in [0.25, 0.3) is 0 Å². The number of hydrogen-bond acceptors (Lipinski definition) is 3. The van der Waals surface area contributed by atoms with Crippen LogP contribution in [0, 0.1) is 6.92 Å². The Balaban J connectivity index is 2.02. The third kappa shape index (κ3) is 3.13. The molecular weight excluding hydrogens is 214 g/mol. The summed E-state index contributed by atoms with van der Waals surface area (Å²) in [5.41, 5.74) is 8.50. The summed E-state index contributed by atoms with van der Waals surface area (Å²) >= 11 is 0. The molecule has 0 fully saturated rings. The Kier molecular flexibility index (Phi) is 3.29. The highest BCUT2D eigenvalue weighted by Crippen LogP contribution is 2.35. The molecule has 1 heterocycles. The molecule has 3 nitrogen and oxygen atoms in total. The van der Waals surface area contributed by atoms with Gasteiger partial charge in [0.1, 0.15) is 0 Å². The molecule has 0 unspecified atom stereocenters. The third-order valence-corrected chi connectivity index (χ3v) is 3.10. The topological polar surface area (TPSA) is 44.5 Å². The fraction of sp³-hybridized carbons (Fsp3) is 0.571. The normalized spacial score (nSPS) is 14.1. The molecule has 0 spiro atoms. The van der Waals surface area contributed by atoms with Crippen molar-refractivity contribution >= 4 is 0 Å². The molecule has 0 saturated carbocycles. The van der Waals surface area contributed by atoms with Crippen LogP contribution in [0.3, 0.4) is 0 Å². The summed E-state index contributed by atoms with van der Waals surface area (Å²) in [6.45, 7) is 6.60. The van der Waals surface area contributed by atoms with Crippen molar-refractivity contribution in [2.24, 2.45) is 5.73 Å². The van der Waals surface area contributed by atoms with Gasteiger partial charge < -0.3 is 15.2 Å². The highest BCUT2D eigenvalue weighted by molar-refractivity contribution is 5.48. The second-order valence-electron chi connectivity index (χ2n) is 5.47. The van der Waals surface area contributed by atoms with Gasteiger partial charge in [-0.05, 0) is 63.3 Å². The van der Waals surface area contributed by atoms with E-state index in [0.717, 1.165) is 30.8 Å². The van der Waals surface area contributed by atoms with E-state index in [2.05, 4.69) is 32.9 Å². The van der Waals surface area contributed by atoms with Gasteiger partial charge >= 0.3 is 0 Å². The summed E-state index contributed by atoms with van der Waals surface area (Å²) in [5.74, 6) is 1.74. The van der Waals surface area contributed by atoms with Gasteiger partial charge in [-0.3, -0.25) is 0 Å². The molecule has 2 N–H and O–H groups in total. The van der Waals surface area contributed by atoms with E-state index < -0.39 is 0 Å². The second-order valence-corrected chi connectivity index (χ2v) is 5.47. The average molecular weight is 235 g/mol. The van der Waals surface area contributed by atoms with Crippen molar-refractivity contribution in [3.8, 4) is 11.5 Å². The van der Waals surface area contributed by atoms with E-state index in [1.54, 1.807) is 0 Å². The van der Waals surface area contributed by atoms with Crippen LogP contribution in [-0.2, 0) is 6.42 Å². The van der Waals surface area contributed by atoms with E-state index in [0.29, 0.717) is 6.79 Å². The van der Waals surface area contributed by atoms with E-state index in [1.807, 2.05) is 0 Å². The maximum absolute atomic E-state index is 5.98. The first kappa shape index (κ1) is 12.2. The van der Waals surface area contributed by atoms with Crippen LogP contribution in [0.4, 0.5) is 0 Å². The predicted molar refractivity (Wildman–Crippen MR) is 68.5 cm³/mol. The summed E-state index contributed by atoms with van der Waals surface area (Å²) < 4.78 is 10.7. The van der Waals surface area contributed by atoms with E-state index in [1.165, 1.54) is 11.1 Å². The Labute approximate surface area is 103 Å². The lowest BCUT2D eigenvalue weighted by molar-refractivity contribution is 0.174. The molecule has 0 atom stereocenters. The quantitative estimate of drug-likeness (QED) is 0.872. The lowest BCUT2D eigenvalue weighted by Gasteiger charge is -2.18. The van der Waals surface area contributed by atoms with Crippen LogP contribution in [-0.4, -0.2) is 12.3 Å². The molecule has 1 aromatic carbocycles. The number of ether oxygens (including phenoxy) is 2. The minimum Gasteiger partial charge on any atom is -0.454 e. The van der Waals surface area contributed by atoms with Crippen molar-refractivity contribution in [1.82, 2.24) is 0 Å². The Bertz CT molecular complexity index is 407. The highest BCUT2D eigenvalue weighted by atomic mass is 16.7. The van der Waals surface area contributed by atoms with Crippen LogP contribution >= 0.6 is 0 Å². The molecular formula is C14H21NO2. The van der Waals surface area contributed by atoms with E-state index in [-0.39, 0.29) is 5.54 Å². The molecule has 0 aromatic heterocycles. The lowest BCUT2D eigenvalue weighted by atomic mass is 9.95. The van der Waals surface area contributed by atoms with Gasteiger partial charge in [-0.1, -0.05) is 0 Å². The molecule has 0 radical (unpaired) electrons. The molecule has 1 aliphatic heterocycles. The third-order valence-electron chi connectivity index (χ3n) is 3.10. The van der Waals surface area contributed by atoms with Crippen molar-refractivity contribution in [3.05, 3.63) is 23.3 Å².